The normalized spacial score (nSPS) is 12.1. The smallest absolute Gasteiger partial charge is 0.126 e. The topological polar surface area (TPSA) is 43.8 Å². The Balaban J connectivity index is 2.96. The maximum Gasteiger partial charge on any atom is 0.126 e. The molecule has 0 unspecified atom stereocenters. The molecule has 0 fully saturated rings. The number of nitrogens with two attached hydrogens (primary N) is 1. The molecule has 3 heteroatoms. The first-order chi connectivity index (χ1) is 6.85. The minimum Gasteiger partial charge on any atom is -0.384 e. The maximum atomic E-state index is 6.10. The summed E-state index contributed by atoms with van der Waals surface area (Å²) in [7, 11) is 0. The molecule has 3 nitrogen and oxygen atoms in total. The highest BCUT2D eigenvalue weighted by Gasteiger charge is 2.18. The molecule has 0 spiro atoms. The van der Waals surface area contributed by atoms with E-state index >= 15 is 0 Å². The summed E-state index contributed by atoms with van der Waals surface area (Å²) in [5.74, 6) is 1.89. The van der Waals surface area contributed by atoms with Gasteiger partial charge in [0.25, 0.3) is 0 Å². The second-order valence-electron chi connectivity index (χ2n) is 5.38. The van der Waals surface area contributed by atoms with E-state index in [-0.39, 0.29) is 5.41 Å². The van der Waals surface area contributed by atoms with Crippen LogP contribution in [0, 0.1) is 12.3 Å². The minimum absolute atomic E-state index is 0.242. The van der Waals surface area contributed by atoms with Gasteiger partial charge in [0.1, 0.15) is 11.6 Å². The van der Waals surface area contributed by atoms with E-state index in [9.17, 15) is 0 Å². The number of anilines is 1. The Morgan fingerprint density at radius 1 is 1.33 bits per heavy atom. The fourth-order valence-electron chi connectivity index (χ4n) is 1.78. The number of hydrogen-bond acceptors (Lipinski definition) is 2. The molecule has 1 rings (SSSR count). The lowest BCUT2D eigenvalue weighted by atomic mass is 9.90. The predicted molar refractivity (Wildman–Crippen MR) is 64.8 cm³/mol. The lowest BCUT2D eigenvalue weighted by molar-refractivity contribution is 0.407. The first-order valence-electron chi connectivity index (χ1n) is 5.66. The van der Waals surface area contributed by atoms with Crippen molar-refractivity contribution >= 4 is 5.82 Å². The average Bonchev–Trinajstić information content (AvgIpc) is 2.30. The first kappa shape index (κ1) is 12.1. The SMILES string of the molecule is CCCn1c(C)nc(CC(C)(C)C)c1N. The van der Waals surface area contributed by atoms with Gasteiger partial charge in [0.2, 0.25) is 0 Å². The van der Waals surface area contributed by atoms with E-state index in [0.29, 0.717) is 0 Å². The molecule has 0 aliphatic heterocycles. The summed E-state index contributed by atoms with van der Waals surface area (Å²) in [4.78, 5) is 4.55. The van der Waals surface area contributed by atoms with Crippen LogP contribution in [0.3, 0.4) is 0 Å². The lowest BCUT2D eigenvalue weighted by Gasteiger charge is -2.16. The summed E-state index contributed by atoms with van der Waals surface area (Å²) < 4.78 is 2.11. The molecule has 0 saturated heterocycles. The number of nitrogen functional groups attached to an aromatic ring is 1. The number of imidazole rings is 1. The molecule has 2 N–H and O–H groups in total. The average molecular weight is 209 g/mol. The Kier molecular flexibility index (Phi) is 3.42. The van der Waals surface area contributed by atoms with Gasteiger partial charge in [-0.05, 0) is 25.2 Å². The van der Waals surface area contributed by atoms with Gasteiger partial charge in [-0.25, -0.2) is 4.98 Å². The van der Waals surface area contributed by atoms with Crippen molar-refractivity contribution in [3.05, 3.63) is 11.5 Å². The van der Waals surface area contributed by atoms with E-state index < -0.39 is 0 Å². The molecule has 0 aliphatic rings. The van der Waals surface area contributed by atoms with E-state index in [1.807, 2.05) is 6.92 Å². The van der Waals surface area contributed by atoms with Crippen LogP contribution in [0.15, 0.2) is 0 Å². The Labute approximate surface area is 92.7 Å². The number of hydrogen-bond donors (Lipinski definition) is 1. The molecule has 1 aromatic heterocycles. The van der Waals surface area contributed by atoms with Gasteiger partial charge in [0.15, 0.2) is 0 Å². The largest absolute Gasteiger partial charge is 0.384 e. The van der Waals surface area contributed by atoms with Gasteiger partial charge in [-0.15, -0.1) is 0 Å². The van der Waals surface area contributed by atoms with Crippen LogP contribution in [0.2, 0.25) is 0 Å². The monoisotopic (exact) mass is 209 g/mol. The molecule has 0 aliphatic carbocycles. The molecule has 0 radical (unpaired) electrons. The fourth-order valence-corrected chi connectivity index (χ4v) is 1.78. The van der Waals surface area contributed by atoms with Crippen LogP contribution < -0.4 is 5.73 Å². The third-order valence-corrected chi connectivity index (χ3v) is 2.42. The molecule has 1 heterocycles. The van der Waals surface area contributed by atoms with Gasteiger partial charge >= 0.3 is 0 Å². The first-order valence-corrected chi connectivity index (χ1v) is 5.66. The van der Waals surface area contributed by atoms with E-state index in [4.69, 9.17) is 5.73 Å². The standard InChI is InChI=1S/C12H23N3/c1-6-7-15-9(2)14-10(11(15)13)8-12(3,4)5/h6-8,13H2,1-5H3. The lowest BCUT2D eigenvalue weighted by Crippen LogP contribution is -2.12. The molecule has 0 aromatic carbocycles. The summed E-state index contributed by atoms with van der Waals surface area (Å²) in [6.45, 7) is 11.8. The van der Waals surface area contributed by atoms with Crippen molar-refractivity contribution in [2.45, 2.75) is 54.0 Å². The Morgan fingerprint density at radius 3 is 2.40 bits per heavy atom. The van der Waals surface area contributed by atoms with Gasteiger partial charge in [-0.3, -0.25) is 0 Å². The predicted octanol–water partition coefficient (Wildman–Crippen LogP) is 2.77. The second-order valence-corrected chi connectivity index (χ2v) is 5.38. The number of rotatable bonds is 3. The fraction of sp³-hybridized carbons (Fsp3) is 0.750. The molecular formula is C12H23N3. The summed E-state index contributed by atoms with van der Waals surface area (Å²) in [6.07, 6.45) is 2.03. The Bertz CT molecular complexity index is 331. The molecule has 15 heavy (non-hydrogen) atoms. The zero-order chi connectivity index (χ0) is 11.6. The number of nitrogens with zero attached hydrogens (tertiary/aromatic N) is 2. The number of aryl methyl sites for hydroxylation is 1. The van der Waals surface area contributed by atoms with Gasteiger partial charge in [0, 0.05) is 6.54 Å². The highest BCUT2D eigenvalue weighted by Crippen LogP contribution is 2.24. The third-order valence-electron chi connectivity index (χ3n) is 2.42. The van der Waals surface area contributed by atoms with Crippen molar-refractivity contribution in [2.75, 3.05) is 5.73 Å². The molecule has 0 saturated carbocycles. The second kappa shape index (κ2) is 4.25. The van der Waals surface area contributed by atoms with Crippen LogP contribution in [0.25, 0.3) is 0 Å². The highest BCUT2D eigenvalue weighted by molar-refractivity contribution is 5.38. The highest BCUT2D eigenvalue weighted by atomic mass is 15.1. The van der Waals surface area contributed by atoms with Gasteiger partial charge < -0.3 is 10.3 Å². The van der Waals surface area contributed by atoms with Crippen molar-refractivity contribution in [1.29, 1.82) is 0 Å². The van der Waals surface area contributed by atoms with Crippen molar-refractivity contribution < 1.29 is 0 Å². The molecule has 0 atom stereocenters. The zero-order valence-corrected chi connectivity index (χ0v) is 10.6. The van der Waals surface area contributed by atoms with E-state index in [2.05, 4.69) is 37.2 Å². The summed E-state index contributed by atoms with van der Waals surface area (Å²) in [6, 6.07) is 0. The Hall–Kier alpha value is -0.990. The van der Waals surface area contributed by atoms with Crippen molar-refractivity contribution in [3.63, 3.8) is 0 Å². The van der Waals surface area contributed by atoms with Gasteiger partial charge in [-0.1, -0.05) is 27.7 Å². The third kappa shape index (κ3) is 2.98. The Morgan fingerprint density at radius 2 is 1.93 bits per heavy atom. The van der Waals surface area contributed by atoms with Crippen LogP contribution >= 0.6 is 0 Å². The molecule has 0 bridgehead atoms. The van der Waals surface area contributed by atoms with Gasteiger partial charge in [0.05, 0.1) is 5.69 Å². The molecular weight excluding hydrogens is 186 g/mol. The van der Waals surface area contributed by atoms with E-state index in [1.165, 1.54) is 0 Å². The summed E-state index contributed by atoms with van der Waals surface area (Å²) in [5, 5.41) is 0. The summed E-state index contributed by atoms with van der Waals surface area (Å²) in [5.41, 5.74) is 7.39. The number of aromatic nitrogens is 2. The van der Waals surface area contributed by atoms with E-state index in [0.717, 1.165) is 36.7 Å². The van der Waals surface area contributed by atoms with E-state index in [1.54, 1.807) is 0 Å². The van der Waals surface area contributed by atoms with Gasteiger partial charge in [-0.2, -0.15) is 0 Å². The van der Waals surface area contributed by atoms with Crippen molar-refractivity contribution in [3.8, 4) is 0 Å². The van der Waals surface area contributed by atoms with Crippen molar-refractivity contribution in [1.82, 2.24) is 9.55 Å². The summed E-state index contributed by atoms with van der Waals surface area (Å²) >= 11 is 0. The molecule has 0 amide bonds. The van der Waals surface area contributed by atoms with Crippen LogP contribution in [0.5, 0.6) is 0 Å². The van der Waals surface area contributed by atoms with Crippen molar-refractivity contribution in [2.24, 2.45) is 5.41 Å². The van der Waals surface area contributed by atoms with Crippen LogP contribution in [-0.4, -0.2) is 9.55 Å². The van der Waals surface area contributed by atoms with Crippen LogP contribution in [0.4, 0.5) is 5.82 Å². The maximum absolute atomic E-state index is 6.10. The minimum atomic E-state index is 0.242. The molecule has 1 aromatic rings. The molecule has 86 valence electrons. The van der Waals surface area contributed by atoms with Crippen LogP contribution in [-0.2, 0) is 13.0 Å². The van der Waals surface area contributed by atoms with Crippen LogP contribution in [0.1, 0.15) is 45.6 Å². The zero-order valence-electron chi connectivity index (χ0n) is 10.6. The quantitative estimate of drug-likeness (QED) is 0.832.